The number of carbonyl (C=O) groups is 2. The highest BCUT2D eigenvalue weighted by atomic mass is 16.5. The van der Waals surface area contributed by atoms with Gasteiger partial charge in [-0.25, -0.2) is 0 Å². The molecule has 0 aliphatic carbocycles. The van der Waals surface area contributed by atoms with Crippen LogP contribution < -0.4 is 0 Å². The van der Waals surface area contributed by atoms with E-state index in [-0.39, 0.29) is 18.2 Å². The Hall–Kier alpha value is -3.34. The number of aromatic nitrogens is 2. The van der Waals surface area contributed by atoms with Crippen molar-refractivity contribution < 1.29 is 14.3 Å². The molecule has 0 radical (unpaired) electrons. The Morgan fingerprint density at radius 3 is 2.46 bits per heavy atom. The van der Waals surface area contributed by atoms with Crippen LogP contribution in [-0.2, 0) is 16.0 Å². The molecule has 5 heteroatoms. The third kappa shape index (κ3) is 3.31. The Bertz CT molecular complexity index is 1170. The molecule has 4 aromatic rings. The molecule has 1 atom stereocenters. The second-order valence-electron chi connectivity index (χ2n) is 7.03. The monoisotopic (exact) mass is 374 g/mol. The van der Waals surface area contributed by atoms with Crippen LogP contribution in [0.5, 0.6) is 0 Å². The normalized spacial score (nSPS) is 12.4. The van der Waals surface area contributed by atoms with Gasteiger partial charge in [0.15, 0.2) is 6.10 Å². The lowest BCUT2D eigenvalue weighted by Crippen LogP contribution is -2.25. The summed E-state index contributed by atoms with van der Waals surface area (Å²) in [5, 5.41) is 1.96. The van der Waals surface area contributed by atoms with Crippen molar-refractivity contribution in [3.63, 3.8) is 0 Å². The first-order valence-electron chi connectivity index (χ1n) is 9.40. The van der Waals surface area contributed by atoms with Gasteiger partial charge in [-0.05, 0) is 38.0 Å². The van der Waals surface area contributed by atoms with Crippen molar-refractivity contribution in [2.75, 3.05) is 0 Å². The maximum Gasteiger partial charge on any atom is 0.306 e. The molecule has 0 unspecified atom stereocenters. The Morgan fingerprint density at radius 1 is 1.00 bits per heavy atom. The van der Waals surface area contributed by atoms with Gasteiger partial charge >= 0.3 is 5.97 Å². The molecule has 0 amide bonds. The Kier molecular flexibility index (Phi) is 4.74. The van der Waals surface area contributed by atoms with E-state index in [1.165, 1.54) is 0 Å². The number of benzene rings is 2. The molecular formula is C23H22N2O3. The van der Waals surface area contributed by atoms with E-state index in [2.05, 4.69) is 9.97 Å². The lowest BCUT2D eigenvalue weighted by molar-refractivity contribution is -0.146. The van der Waals surface area contributed by atoms with Crippen molar-refractivity contribution >= 4 is 33.6 Å². The third-order valence-electron chi connectivity index (χ3n) is 5.09. The van der Waals surface area contributed by atoms with Crippen LogP contribution in [0.25, 0.3) is 21.8 Å². The second kappa shape index (κ2) is 7.35. The van der Waals surface area contributed by atoms with Gasteiger partial charge in [-0.3, -0.25) is 9.59 Å². The summed E-state index contributed by atoms with van der Waals surface area (Å²) in [5.74, 6) is -0.556. The standard InChI is InChI=1S/C23H22N2O3/c1-14-22(18-8-4-6-10-20(18)25-14)23(27)15(2)28-21(26)12-11-16-13-24-19-9-5-3-7-17(16)19/h3-10,13,15,24-25H,11-12H2,1-2H3/t15-/m0/s1. The van der Waals surface area contributed by atoms with Gasteiger partial charge in [-0.2, -0.15) is 0 Å². The average Bonchev–Trinajstić information content (AvgIpc) is 3.25. The Balaban J connectivity index is 1.42. The van der Waals surface area contributed by atoms with Gasteiger partial charge in [-0.15, -0.1) is 0 Å². The lowest BCUT2D eigenvalue weighted by Gasteiger charge is -2.12. The van der Waals surface area contributed by atoms with Crippen molar-refractivity contribution in [2.24, 2.45) is 0 Å². The van der Waals surface area contributed by atoms with Gasteiger partial charge in [0, 0.05) is 45.7 Å². The molecule has 2 aromatic heterocycles. The minimum atomic E-state index is -0.826. The van der Waals surface area contributed by atoms with E-state index >= 15 is 0 Å². The highest BCUT2D eigenvalue weighted by molar-refractivity contribution is 6.11. The molecule has 0 aliphatic heterocycles. The number of esters is 1. The van der Waals surface area contributed by atoms with Gasteiger partial charge in [0.2, 0.25) is 5.78 Å². The molecule has 0 saturated carbocycles. The van der Waals surface area contributed by atoms with Gasteiger partial charge in [0.25, 0.3) is 0 Å². The summed E-state index contributed by atoms with van der Waals surface area (Å²) in [6, 6.07) is 15.6. The van der Waals surface area contributed by atoms with E-state index in [0.29, 0.717) is 12.0 Å². The number of hydrogen-bond acceptors (Lipinski definition) is 3. The smallest absolute Gasteiger partial charge is 0.306 e. The first-order chi connectivity index (χ1) is 13.5. The zero-order valence-electron chi connectivity index (χ0n) is 15.9. The molecule has 0 spiro atoms. The number of hydrogen-bond donors (Lipinski definition) is 2. The number of aryl methyl sites for hydroxylation is 2. The van der Waals surface area contributed by atoms with Crippen molar-refractivity contribution in [2.45, 2.75) is 32.8 Å². The fourth-order valence-electron chi connectivity index (χ4n) is 3.68. The van der Waals surface area contributed by atoms with E-state index in [1.54, 1.807) is 6.92 Å². The quantitative estimate of drug-likeness (QED) is 0.379. The van der Waals surface area contributed by atoms with Crippen LogP contribution in [0.3, 0.4) is 0 Å². The molecular weight excluding hydrogens is 352 g/mol. The Labute approximate surface area is 162 Å². The maximum atomic E-state index is 12.9. The molecule has 142 valence electrons. The molecule has 2 N–H and O–H groups in total. The molecule has 0 fully saturated rings. The van der Waals surface area contributed by atoms with Crippen molar-refractivity contribution in [1.29, 1.82) is 0 Å². The first kappa shape index (κ1) is 18.0. The van der Waals surface area contributed by atoms with Crippen LogP contribution in [0.1, 0.15) is 35.0 Å². The fraction of sp³-hybridized carbons (Fsp3) is 0.217. The van der Waals surface area contributed by atoms with Crippen molar-refractivity contribution in [3.05, 3.63) is 71.5 Å². The molecule has 2 heterocycles. The largest absolute Gasteiger partial charge is 0.454 e. The van der Waals surface area contributed by atoms with Gasteiger partial charge < -0.3 is 14.7 Å². The maximum absolute atomic E-state index is 12.9. The first-order valence-corrected chi connectivity index (χ1v) is 9.40. The Morgan fingerprint density at radius 2 is 1.68 bits per heavy atom. The predicted octanol–water partition coefficient (Wildman–Crippen LogP) is 4.70. The lowest BCUT2D eigenvalue weighted by atomic mass is 10.0. The zero-order chi connectivity index (χ0) is 19.7. The second-order valence-corrected chi connectivity index (χ2v) is 7.03. The highest BCUT2D eigenvalue weighted by Gasteiger charge is 2.24. The van der Waals surface area contributed by atoms with Gasteiger partial charge in [0.05, 0.1) is 0 Å². The number of nitrogens with one attached hydrogen (secondary N) is 2. The number of H-pyrrole nitrogens is 2. The van der Waals surface area contributed by atoms with Gasteiger partial charge in [0.1, 0.15) is 0 Å². The van der Waals surface area contributed by atoms with E-state index < -0.39 is 6.10 Å². The van der Waals surface area contributed by atoms with Crippen LogP contribution >= 0.6 is 0 Å². The van der Waals surface area contributed by atoms with Crippen LogP contribution in [0.4, 0.5) is 0 Å². The number of rotatable bonds is 6. The summed E-state index contributed by atoms with van der Waals surface area (Å²) in [6.07, 6.45) is 1.89. The zero-order valence-corrected chi connectivity index (χ0v) is 15.9. The van der Waals surface area contributed by atoms with Gasteiger partial charge in [-0.1, -0.05) is 36.4 Å². The van der Waals surface area contributed by atoms with E-state index in [1.807, 2.05) is 61.7 Å². The topological polar surface area (TPSA) is 75.0 Å². The number of Topliss-reactive ketones (excluding diaryl/α,β-unsaturated/α-hetero) is 1. The van der Waals surface area contributed by atoms with Crippen molar-refractivity contribution in [1.82, 2.24) is 9.97 Å². The SMILES string of the molecule is Cc1[nH]c2ccccc2c1C(=O)[C@H](C)OC(=O)CCc1c[nH]c2ccccc12. The molecule has 0 saturated heterocycles. The average molecular weight is 374 g/mol. The van der Waals surface area contributed by atoms with Crippen molar-refractivity contribution in [3.8, 4) is 0 Å². The summed E-state index contributed by atoms with van der Waals surface area (Å²) in [7, 11) is 0. The van der Waals surface area contributed by atoms with E-state index in [9.17, 15) is 9.59 Å². The summed E-state index contributed by atoms with van der Waals surface area (Å²) < 4.78 is 5.44. The molecule has 0 aliphatic rings. The number of fused-ring (bicyclic) bond motifs is 2. The molecule has 0 bridgehead atoms. The fourth-order valence-corrected chi connectivity index (χ4v) is 3.68. The minimum absolute atomic E-state index is 0.185. The number of ether oxygens (including phenoxy) is 1. The predicted molar refractivity (Wildman–Crippen MR) is 110 cm³/mol. The van der Waals surface area contributed by atoms with Crippen LogP contribution in [0.2, 0.25) is 0 Å². The minimum Gasteiger partial charge on any atom is -0.454 e. The molecule has 4 rings (SSSR count). The van der Waals surface area contributed by atoms with E-state index in [4.69, 9.17) is 4.74 Å². The molecule has 5 nitrogen and oxygen atoms in total. The van der Waals surface area contributed by atoms with Crippen LogP contribution in [0.15, 0.2) is 54.7 Å². The molecule has 2 aromatic carbocycles. The summed E-state index contributed by atoms with van der Waals surface area (Å²) >= 11 is 0. The summed E-state index contributed by atoms with van der Waals surface area (Å²) in [4.78, 5) is 31.6. The van der Waals surface area contributed by atoms with Crippen LogP contribution in [0, 0.1) is 6.92 Å². The number of aromatic amines is 2. The van der Waals surface area contributed by atoms with Crippen LogP contribution in [-0.4, -0.2) is 27.8 Å². The number of carbonyl (C=O) groups excluding carboxylic acids is 2. The number of para-hydroxylation sites is 2. The van der Waals surface area contributed by atoms with E-state index in [0.717, 1.165) is 33.1 Å². The number of ketones is 1. The summed E-state index contributed by atoms with van der Waals surface area (Å²) in [5.41, 5.74) is 4.39. The highest BCUT2D eigenvalue weighted by Crippen LogP contribution is 2.24. The molecule has 28 heavy (non-hydrogen) atoms. The summed E-state index contributed by atoms with van der Waals surface area (Å²) in [6.45, 7) is 3.49. The third-order valence-corrected chi connectivity index (χ3v) is 5.09.